The molecular formula is C21H18ClF3N2O2. The SMILES string of the molecule is CC(=O)C1(c2ccc(Cl)cc2)C=CC=CC1NC(=O)c1cn(C)cc1C(F)(F)F. The van der Waals surface area contributed by atoms with Crippen LogP contribution in [0.15, 0.2) is 61.0 Å². The maximum Gasteiger partial charge on any atom is 0.418 e. The van der Waals surface area contributed by atoms with Crippen LogP contribution >= 0.6 is 11.6 Å². The number of aromatic nitrogens is 1. The number of benzene rings is 1. The van der Waals surface area contributed by atoms with Crippen LogP contribution in [0, 0.1) is 0 Å². The van der Waals surface area contributed by atoms with Crippen molar-refractivity contribution in [3.63, 3.8) is 0 Å². The molecule has 1 aromatic heterocycles. The van der Waals surface area contributed by atoms with Crippen molar-refractivity contribution in [3.05, 3.63) is 82.7 Å². The van der Waals surface area contributed by atoms with E-state index in [4.69, 9.17) is 11.6 Å². The Labute approximate surface area is 170 Å². The van der Waals surface area contributed by atoms with E-state index in [9.17, 15) is 22.8 Å². The second-order valence-electron chi connectivity index (χ2n) is 6.88. The quantitative estimate of drug-likeness (QED) is 0.791. The molecule has 1 aliphatic carbocycles. The average Bonchev–Trinajstić information content (AvgIpc) is 3.05. The van der Waals surface area contributed by atoms with Gasteiger partial charge in [0.15, 0.2) is 0 Å². The summed E-state index contributed by atoms with van der Waals surface area (Å²) >= 11 is 5.94. The summed E-state index contributed by atoms with van der Waals surface area (Å²) in [5.74, 6) is -1.18. The van der Waals surface area contributed by atoms with Crippen LogP contribution in [0.2, 0.25) is 5.02 Å². The fourth-order valence-electron chi connectivity index (χ4n) is 3.55. The molecule has 2 aromatic rings. The van der Waals surface area contributed by atoms with Gasteiger partial charge in [0.2, 0.25) is 0 Å². The Morgan fingerprint density at radius 2 is 1.79 bits per heavy atom. The van der Waals surface area contributed by atoms with Crippen molar-refractivity contribution in [2.75, 3.05) is 0 Å². The van der Waals surface area contributed by atoms with Crippen molar-refractivity contribution in [1.82, 2.24) is 9.88 Å². The first-order chi connectivity index (χ1) is 13.6. The summed E-state index contributed by atoms with van der Waals surface area (Å²) in [7, 11) is 1.41. The van der Waals surface area contributed by atoms with Crippen LogP contribution in [0.4, 0.5) is 13.2 Å². The van der Waals surface area contributed by atoms with Gasteiger partial charge in [-0.05, 0) is 24.6 Å². The summed E-state index contributed by atoms with van der Waals surface area (Å²) in [6.45, 7) is 1.38. The van der Waals surface area contributed by atoms with E-state index in [-0.39, 0.29) is 5.78 Å². The number of hydrogen-bond acceptors (Lipinski definition) is 2. The van der Waals surface area contributed by atoms with Gasteiger partial charge >= 0.3 is 6.18 Å². The van der Waals surface area contributed by atoms with Gasteiger partial charge < -0.3 is 9.88 Å². The van der Waals surface area contributed by atoms with Crippen molar-refractivity contribution in [2.45, 2.75) is 24.6 Å². The van der Waals surface area contributed by atoms with Gasteiger partial charge in [-0.25, -0.2) is 0 Å². The highest BCUT2D eigenvalue weighted by molar-refractivity contribution is 6.30. The molecule has 0 fully saturated rings. The van der Waals surface area contributed by atoms with Crippen molar-refractivity contribution < 1.29 is 22.8 Å². The molecule has 0 radical (unpaired) electrons. The van der Waals surface area contributed by atoms with Crippen LogP contribution in [-0.2, 0) is 23.4 Å². The van der Waals surface area contributed by atoms with E-state index < -0.39 is 34.7 Å². The maximum atomic E-state index is 13.3. The fraction of sp³-hybridized carbons (Fsp3) is 0.238. The zero-order chi connectivity index (χ0) is 21.4. The number of ketones is 1. The molecule has 2 atom stereocenters. The van der Waals surface area contributed by atoms with Crippen LogP contribution < -0.4 is 5.32 Å². The molecule has 4 nitrogen and oxygen atoms in total. The number of nitrogens with one attached hydrogen (secondary N) is 1. The van der Waals surface area contributed by atoms with E-state index in [0.29, 0.717) is 10.6 Å². The highest BCUT2D eigenvalue weighted by Crippen LogP contribution is 2.36. The number of Topliss-reactive ketones (excluding diaryl/α,β-unsaturated/α-hetero) is 1. The lowest BCUT2D eigenvalue weighted by molar-refractivity contribution is -0.138. The Balaban J connectivity index is 2.02. The lowest BCUT2D eigenvalue weighted by atomic mass is 9.69. The highest BCUT2D eigenvalue weighted by atomic mass is 35.5. The third kappa shape index (κ3) is 3.87. The Bertz CT molecular complexity index is 1010. The molecule has 3 rings (SSSR count). The Hall–Kier alpha value is -2.80. The lowest BCUT2D eigenvalue weighted by Gasteiger charge is -2.37. The maximum absolute atomic E-state index is 13.3. The minimum atomic E-state index is -4.68. The number of nitrogens with zero attached hydrogens (tertiary/aromatic N) is 1. The fourth-order valence-corrected chi connectivity index (χ4v) is 3.68. The summed E-state index contributed by atoms with van der Waals surface area (Å²) in [6.07, 6.45) is 3.81. The van der Waals surface area contributed by atoms with E-state index in [1.54, 1.807) is 48.6 Å². The first-order valence-electron chi connectivity index (χ1n) is 8.73. The summed E-state index contributed by atoms with van der Waals surface area (Å²) in [5, 5.41) is 3.08. The molecule has 1 N–H and O–H groups in total. The molecule has 1 heterocycles. The second-order valence-corrected chi connectivity index (χ2v) is 7.31. The van der Waals surface area contributed by atoms with Gasteiger partial charge in [0.05, 0.1) is 22.6 Å². The number of carbonyl (C=O) groups is 2. The number of amides is 1. The Morgan fingerprint density at radius 3 is 2.38 bits per heavy atom. The lowest BCUT2D eigenvalue weighted by Crippen LogP contribution is -2.53. The van der Waals surface area contributed by atoms with E-state index in [1.807, 2.05) is 0 Å². The minimum absolute atomic E-state index is 0.269. The number of halogens is 4. The third-order valence-corrected chi connectivity index (χ3v) is 5.21. The molecule has 0 saturated heterocycles. The van der Waals surface area contributed by atoms with Gasteiger partial charge in [0, 0.05) is 24.5 Å². The van der Waals surface area contributed by atoms with E-state index in [2.05, 4.69) is 5.32 Å². The van der Waals surface area contributed by atoms with Crippen LogP contribution in [0.5, 0.6) is 0 Å². The van der Waals surface area contributed by atoms with Crippen molar-refractivity contribution in [1.29, 1.82) is 0 Å². The Kier molecular flexibility index (Phi) is 5.45. The molecule has 0 saturated carbocycles. The molecule has 0 bridgehead atoms. The third-order valence-electron chi connectivity index (χ3n) is 4.96. The molecule has 0 spiro atoms. The van der Waals surface area contributed by atoms with Gasteiger partial charge in [-0.3, -0.25) is 9.59 Å². The molecule has 29 heavy (non-hydrogen) atoms. The Morgan fingerprint density at radius 1 is 1.14 bits per heavy atom. The summed E-state index contributed by atoms with van der Waals surface area (Å²) in [5.41, 5.74) is -2.23. The monoisotopic (exact) mass is 422 g/mol. The smallest absolute Gasteiger partial charge is 0.356 e. The van der Waals surface area contributed by atoms with Crippen molar-refractivity contribution >= 4 is 23.3 Å². The molecule has 1 aromatic carbocycles. The first-order valence-corrected chi connectivity index (χ1v) is 9.10. The number of hydrogen-bond donors (Lipinski definition) is 1. The molecule has 1 amide bonds. The average molecular weight is 423 g/mol. The van der Waals surface area contributed by atoms with Crippen molar-refractivity contribution in [3.8, 4) is 0 Å². The standard InChI is InChI=1S/C21H18ClF3N2O2/c1-13(28)20(14-6-8-15(22)9-7-14)10-4-3-5-18(20)26-19(29)16-11-27(2)12-17(16)21(23,24)25/h3-12,18H,1-2H3,(H,26,29). The zero-order valence-electron chi connectivity index (χ0n) is 15.6. The highest BCUT2D eigenvalue weighted by Gasteiger charge is 2.44. The minimum Gasteiger partial charge on any atom is -0.356 e. The van der Waals surface area contributed by atoms with Crippen LogP contribution in [-0.4, -0.2) is 22.3 Å². The van der Waals surface area contributed by atoms with E-state index >= 15 is 0 Å². The number of carbonyl (C=O) groups excluding carboxylic acids is 2. The van der Waals surface area contributed by atoms with Gasteiger partial charge in [-0.15, -0.1) is 0 Å². The molecule has 152 valence electrons. The predicted octanol–water partition coefficient (Wildman–Crippen LogP) is 4.45. The molecule has 8 heteroatoms. The van der Waals surface area contributed by atoms with Gasteiger partial charge in [-0.1, -0.05) is 48.0 Å². The number of allylic oxidation sites excluding steroid dienone is 2. The van der Waals surface area contributed by atoms with Gasteiger partial charge in [-0.2, -0.15) is 13.2 Å². The van der Waals surface area contributed by atoms with Gasteiger partial charge in [0.1, 0.15) is 5.78 Å². The first kappa shape index (κ1) is 20.9. The van der Waals surface area contributed by atoms with Crippen LogP contribution in [0.1, 0.15) is 28.4 Å². The zero-order valence-corrected chi connectivity index (χ0v) is 16.4. The number of rotatable bonds is 4. The summed E-state index contributed by atoms with van der Waals surface area (Å²) in [6, 6.07) is 5.68. The molecular weight excluding hydrogens is 405 g/mol. The number of aryl methyl sites for hydroxylation is 1. The second kappa shape index (κ2) is 7.55. The molecule has 0 aliphatic heterocycles. The van der Waals surface area contributed by atoms with Crippen LogP contribution in [0.3, 0.4) is 0 Å². The normalized spacial score (nSPS) is 21.2. The van der Waals surface area contributed by atoms with Gasteiger partial charge in [0.25, 0.3) is 5.91 Å². The number of alkyl halides is 3. The largest absolute Gasteiger partial charge is 0.418 e. The summed E-state index contributed by atoms with van der Waals surface area (Å²) in [4.78, 5) is 25.5. The summed E-state index contributed by atoms with van der Waals surface area (Å²) < 4.78 is 41.1. The molecule has 2 unspecified atom stereocenters. The predicted molar refractivity (Wildman–Crippen MR) is 104 cm³/mol. The molecule has 1 aliphatic rings. The van der Waals surface area contributed by atoms with E-state index in [0.717, 1.165) is 12.4 Å². The van der Waals surface area contributed by atoms with Crippen LogP contribution in [0.25, 0.3) is 0 Å². The van der Waals surface area contributed by atoms with E-state index in [1.165, 1.54) is 18.5 Å². The topological polar surface area (TPSA) is 51.1 Å². The van der Waals surface area contributed by atoms with Crippen molar-refractivity contribution in [2.24, 2.45) is 7.05 Å².